The largest absolute Gasteiger partial charge is 0.383 e. The average Bonchev–Trinajstić information content (AvgIpc) is 2.53. The van der Waals surface area contributed by atoms with Crippen LogP contribution in [0.5, 0.6) is 0 Å². The van der Waals surface area contributed by atoms with Crippen molar-refractivity contribution in [3.63, 3.8) is 0 Å². The third kappa shape index (κ3) is 4.64. The number of para-hydroxylation sites is 1. The number of aryl methyl sites for hydroxylation is 1. The molecule has 112 valence electrons. The van der Waals surface area contributed by atoms with E-state index in [2.05, 4.69) is 22.8 Å². The number of anilines is 1. The van der Waals surface area contributed by atoms with Gasteiger partial charge in [0.1, 0.15) is 6.07 Å². The lowest BCUT2D eigenvalue weighted by Crippen LogP contribution is -2.25. The van der Waals surface area contributed by atoms with E-state index in [-0.39, 0.29) is 5.91 Å². The van der Waals surface area contributed by atoms with E-state index in [9.17, 15) is 4.79 Å². The molecule has 1 amide bonds. The maximum absolute atomic E-state index is 11.8. The van der Waals surface area contributed by atoms with Crippen LogP contribution in [0.1, 0.15) is 23.1 Å². The lowest BCUT2D eigenvalue weighted by molar-refractivity contribution is -0.121. The van der Waals surface area contributed by atoms with Crippen molar-refractivity contribution < 1.29 is 4.79 Å². The van der Waals surface area contributed by atoms with Crippen LogP contribution in [0.2, 0.25) is 0 Å². The summed E-state index contributed by atoms with van der Waals surface area (Å²) in [6, 6.07) is 17.5. The van der Waals surface area contributed by atoms with Crippen LogP contribution in [-0.4, -0.2) is 12.5 Å². The summed E-state index contributed by atoms with van der Waals surface area (Å²) in [5.41, 5.74) is 3.62. The molecule has 0 fully saturated rings. The van der Waals surface area contributed by atoms with E-state index in [1.54, 1.807) is 6.07 Å². The SMILES string of the molecule is Cc1cccc(CNC(=O)CCNc2ccccc2C#N)c1. The molecule has 2 aromatic carbocycles. The van der Waals surface area contributed by atoms with Crippen molar-refractivity contribution in [3.05, 3.63) is 65.2 Å². The number of hydrogen-bond acceptors (Lipinski definition) is 3. The number of amides is 1. The lowest BCUT2D eigenvalue weighted by atomic mass is 10.1. The summed E-state index contributed by atoms with van der Waals surface area (Å²) >= 11 is 0. The molecule has 4 heteroatoms. The van der Waals surface area contributed by atoms with Gasteiger partial charge in [0.2, 0.25) is 5.91 Å². The number of nitriles is 1. The van der Waals surface area contributed by atoms with Crippen molar-refractivity contribution in [3.8, 4) is 6.07 Å². The van der Waals surface area contributed by atoms with Crippen molar-refractivity contribution in [1.82, 2.24) is 5.32 Å². The lowest BCUT2D eigenvalue weighted by Gasteiger charge is -2.09. The molecule has 0 aliphatic heterocycles. The van der Waals surface area contributed by atoms with Gasteiger partial charge >= 0.3 is 0 Å². The molecule has 2 rings (SSSR count). The number of benzene rings is 2. The summed E-state index contributed by atoms with van der Waals surface area (Å²) < 4.78 is 0. The van der Waals surface area contributed by atoms with Crippen LogP contribution in [-0.2, 0) is 11.3 Å². The van der Waals surface area contributed by atoms with Gasteiger partial charge in [0, 0.05) is 19.5 Å². The Balaban J connectivity index is 1.75. The number of nitrogens with zero attached hydrogens (tertiary/aromatic N) is 1. The van der Waals surface area contributed by atoms with Gasteiger partial charge in [0.05, 0.1) is 11.3 Å². The Labute approximate surface area is 130 Å². The Bertz CT molecular complexity index is 689. The maximum Gasteiger partial charge on any atom is 0.222 e. The van der Waals surface area contributed by atoms with Gasteiger partial charge in [-0.3, -0.25) is 4.79 Å². The van der Waals surface area contributed by atoms with Crippen LogP contribution in [0.15, 0.2) is 48.5 Å². The van der Waals surface area contributed by atoms with E-state index >= 15 is 0 Å². The molecule has 0 saturated carbocycles. The second-order valence-corrected chi connectivity index (χ2v) is 5.10. The summed E-state index contributed by atoms with van der Waals surface area (Å²) in [6.07, 6.45) is 0.367. The molecule has 0 saturated heterocycles. The highest BCUT2D eigenvalue weighted by atomic mass is 16.1. The molecular formula is C18H19N3O. The molecule has 2 aromatic rings. The zero-order chi connectivity index (χ0) is 15.8. The van der Waals surface area contributed by atoms with E-state index in [0.717, 1.165) is 11.3 Å². The van der Waals surface area contributed by atoms with Crippen LogP contribution in [0.4, 0.5) is 5.69 Å². The molecule has 0 bridgehead atoms. The fourth-order valence-electron chi connectivity index (χ4n) is 2.16. The first kappa shape index (κ1) is 15.6. The number of rotatable bonds is 6. The van der Waals surface area contributed by atoms with Gasteiger partial charge in [0.25, 0.3) is 0 Å². The molecule has 2 N–H and O–H groups in total. The molecule has 0 atom stereocenters. The Morgan fingerprint density at radius 2 is 2.00 bits per heavy atom. The van der Waals surface area contributed by atoms with Crippen molar-refractivity contribution in [2.24, 2.45) is 0 Å². The molecule has 4 nitrogen and oxygen atoms in total. The van der Waals surface area contributed by atoms with Crippen LogP contribution < -0.4 is 10.6 Å². The van der Waals surface area contributed by atoms with Crippen LogP contribution in [0, 0.1) is 18.3 Å². The molecule has 0 aliphatic rings. The minimum absolute atomic E-state index is 0.0107. The average molecular weight is 293 g/mol. The van der Waals surface area contributed by atoms with E-state index in [1.165, 1.54) is 5.56 Å². The standard InChI is InChI=1S/C18H19N3O/c1-14-5-4-6-15(11-14)13-21-18(22)9-10-20-17-8-3-2-7-16(17)12-19/h2-8,11,20H,9-10,13H2,1H3,(H,21,22). The minimum Gasteiger partial charge on any atom is -0.383 e. The van der Waals surface area contributed by atoms with Gasteiger partial charge in [0.15, 0.2) is 0 Å². The summed E-state index contributed by atoms with van der Waals surface area (Å²) in [4.78, 5) is 11.8. The van der Waals surface area contributed by atoms with Gasteiger partial charge in [-0.05, 0) is 24.6 Å². The van der Waals surface area contributed by atoms with Crippen LogP contribution in [0.3, 0.4) is 0 Å². The predicted molar refractivity (Wildman–Crippen MR) is 87.3 cm³/mol. The molecule has 0 radical (unpaired) electrons. The summed E-state index contributed by atoms with van der Waals surface area (Å²) in [7, 11) is 0. The van der Waals surface area contributed by atoms with Crippen molar-refractivity contribution in [2.75, 3.05) is 11.9 Å². The third-order valence-corrected chi connectivity index (χ3v) is 3.29. The van der Waals surface area contributed by atoms with Crippen molar-refractivity contribution in [2.45, 2.75) is 19.9 Å². The number of carbonyl (C=O) groups excluding carboxylic acids is 1. The molecule has 0 aromatic heterocycles. The second-order valence-electron chi connectivity index (χ2n) is 5.10. The third-order valence-electron chi connectivity index (χ3n) is 3.29. The highest BCUT2D eigenvalue weighted by molar-refractivity contribution is 5.76. The fourth-order valence-corrected chi connectivity index (χ4v) is 2.16. The summed E-state index contributed by atoms with van der Waals surface area (Å²) in [5, 5.41) is 15.0. The minimum atomic E-state index is -0.0107. The van der Waals surface area contributed by atoms with Crippen molar-refractivity contribution in [1.29, 1.82) is 5.26 Å². The highest BCUT2D eigenvalue weighted by Gasteiger charge is 2.03. The van der Waals surface area contributed by atoms with Crippen molar-refractivity contribution >= 4 is 11.6 Å². The second kappa shape index (κ2) is 7.84. The van der Waals surface area contributed by atoms with Gasteiger partial charge in [-0.15, -0.1) is 0 Å². The number of hydrogen-bond donors (Lipinski definition) is 2. The Morgan fingerprint density at radius 3 is 2.77 bits per heavy atom. The molecule has 0 unspecified atom stereocenters. The first-order valence-electron chi connectivity index (χ1n) is 7.24. The Hall–Kier alpha value is -2.80. The summed E-state index contributed by atoms with van der Waals surface area (Å²) in [6.45, 7) is 3.07. The first-order valence-corrected chi connectivity index (χ1v) is 7.24. The number of nitrogens with one attached hydrogen (secondary N) is 2. The van der Waals surface area contributed by atoms with Gasteiger partial charge in [-0.2, -0.15) is 5.26 Å². The zero-order valence-corrected chi connectivity index (χ0v) is 12.6. The summed E-state index contributed by atoms with van der Waals surface area (Å²) in [5.74, 6) is -0.0107. The maximum atomic E-state index is 11.8. The molecule has 0 spiro atoms. The van der Waals surface area contributed by atoms with Crippen LogP contribution in [0.25, 0.3) is 0 Å². The van der Waals surface area contributed by atoms with Crippen LogP contribution >= 0.6 is 0 Å². The predicted octanol–water partition coefficient (Wildman–Crippen LogP) is 2.99. The topological polar surface area (TPSA) is 64.9 Å². The van der Waals surface area contributed by atoms with E-state index in [4.69, 9.17) is 5.26 Å². The Kier molecular flexibility index (Phi) is 5.56. The zero-order valence-electron chi connectivity index (χ0n) is 12.6. The fraction of sp³-hybridized carbons (Fsp3) is 0.222. The molecule has 0 aliphatic carbocycles. The smallest absolute Gasteiger partial charge is 0.222 e. The van der Waals surface area contributed by atoms with Gasteiger partial charge in [-0.25, -0.2) is 0 Å². The van der Waals surface area contributed by atoms with E-state index < -0.39 is 0 Å². The quantitative estimate of drug-likeness (QED) is 0.860. The van der Waals surface area contributed by atoms with E-state index in [0.29, 0.717) is 25.1 Å². The van der Waals surface area contributed by atoms with Gasteiger partial charge < -0.3 is 10.6 Å². The first-order chi connectivity index (χ1) is 10.7. The number of carbonyl (C=O) groups is 1. The molecule has 0 heterocycles. The molecule has 22 heavy (non-hydrogen) atoms. The van der Waals surface area contributed by atoms with Gasteiger partial charge in [-0.1, -0.05) is 42.0 Å². The normalized spacial score (nSPS) is 9.82. The molecular weight excluding hydrogens is 274 g/mol. The Morgan fingerprint density at radius 1 is 1.18 bits per heavy atom. The monoisotopic (exact) mass is 293 g/mol. The highest BCUT2D eigenvalue weighted by Crippen LogP contribution is 2.13. The van der Waals surface area contributed by atoms with E-state index in [1.807, 2.05) is 43.3 Å².